The van der Waals surface area contributed by atoms with Gasteiger partial charge >= 0.3 is 0 Å². The minimum atomic E-state index is 0.790. The van der Waals surface area contributed by atoms with E-state index in [-0.39, 0.29) is 0 Å². The molecule has 18 heavy (non-hydrogen) atoms. The number of nitrogens with zero attached hydrogens (tertiary/aromatic N) is 3. The molecule has 0 atom stereocenters. The lowest BCUT2D eigenvalue weighted by Gasteiger charge is -2.16. The molecule has 2 aromatic rings. The summed E-state index contributed by atoms with van der Waals surface area (Å²) in [6.45, 7) is 3.87. The van der Waals surface area contributed by atoms with Crippen LogP contribution in [0.3, 0.4) is 0 Å². The first-order chi connectivity index (χ1) is 8.56. The molecule has 96 valence electrons. The van der Waals surface area contributed by atoms with Crippen molar-refractivity contribution in [1.82, 2.24) is 14.7 Å². The van der Waals surface area contributed by atoms with E-state index in [1.165, 1.54) is 16.8 Å². The SMILES string of the molecule is Cc1c(CN(C)Cc2cccc(Cl)c2)cnn1C. The van der Waals surface area contributed by atoms with Crippen LogP contribution in [0.2, 0.25) is 5.02 Å². The summed E-state index contributed by atoms with van der Waals surface area (Å²) in [6, 6.07) is 7.99. The summed E-state index contributed by atoms with van der Waals surface area (Å²) in [7, 11) is 4.07. The first-order valence-electron chi connectivity index (χ1n) is 5.96. The van der Waals surface area contributed by atoms with Gasteiger partial charge in [0, 0.05) is 36.4 Å². The Morgan fingerprint density at radius 2 is 2.11 bits per heavy atom. The van der Waals surface area contributed by atoms with Crippen LogP contribution >= 0.6 is 11.6 Å². The molecule has 1 aromatic heterocycles. The zero-order valence-electron chi connectivity index (χ0n) is 11.0. The normalized spacial score (nSPS) is 11.2. The fourth-order valence-electron chi connectivity index (χ4n) is 1.99. The average molecular weight is 264 g/mol. The van der Waals surface area contributed by atoms with Crippen molar-refractivity contribution in [2.24, 2.45) is 7.05 Å². The summed E-state index contributed by atoms with van der Waals surface area (Å²) in [6.07, 6.45) is 1.93. The highest BCUT2D eigenvalue weighted by atomic mass is 35.5. The summed E-state index contributed by atoms with van der Waals surface area (Å²) >= 11 is 5.99. The molecule has 4 heteroatoms. The van der Waals surface area contributed by atoms with Gasteiger partial charge < -0.3 is 0 Å². The van der Waals surface area contributed by atoms with E-state index in [1.807, 2.05) is 36.1 Å². The maximum atomic E-state index is 5.99. The smallest absolute Gasteiger partial charge is 0.0537 e. The van der Waals surface area contributed by atoms with Crippen LogP contribution in [-0.2, 0) is 20.1 Å². The highest BCUT2D eigenvalue weighted by molar-refractivity contribution is 6.30. The van der Waals surface area contributed by atoms with Crippen LogP contribution in [0.4, 0.5) is 0 Å². The molecular weight excluding hydrogens is 246 g/mol. The number of aryl methyl sites for hydroxylation is 1. The van der Waals surface area contributed by atoms with E-state index in [1.54, 1.807) is 0 Å². The fraction of sp³-hybridized carbons (Fsp3) is 0.357. The molecule has 0 aliphatic rings. The molecule has 0 amide bonds. The van der Waals surface area contributed by atoms with Crippen LogP contribution in [0.15, 0.2) is 30.5 Å². The topological polar surface area (TPSA) is 21.1 Å². The Hall–Kier alpha value is -1.32. The van der Waals surface area contributed by atoms with Crippen LogP contribution in [0.25, 0.3) is 0 Å². The number of hydrogen-bond acceptors (Lipinski definition) is 2. The minimum absolute atomic E-state index is 0.790. The van der Waals surface area contributed by atoms with Crippen LogP contribution in [0.5, 0.6) is 0 Å². The Bertz CT molecular complexity index is 534. The Morgan fingerprint density at radius 3 is 2.72 bits per heavy atom. The molecule has 0 bridgehead atoms. The van der Waals surface area contributed by atoms with E-state index in [0.717, 1.165) is 18.1 Å². The molecule has 0 spiro atoms. The van der Waals surface area contributed by atoms with E-state index < -0.39 is 0 Å². The van der Waals surface area contributed by atoms with Crippen LogP contribution in [-0.4, -0.2) is 21.7 Å². The second-order valence-electron chi connectivity index (χ2n) is 4.68. The number of aromatic nitrogens is 2. The summed E-state index contributed by atoms with van der Waals surface area (Å²) in [5.41, 5.74) is 3.71. The summed E-state index contributed by atoms with van der Waals surface area (Å²) in [5.74, 6) is 0. The number of hydrogen-bond donors (Lipinski definition) is 0. The van der Waals surface area contributed by atoms with Crippen molar-refractivity contribution in [3.05, 3.63) is 52.3 Å². The van der Waals surface area contributed by atoms with Crippen molar-refractivity contribution in [3.8, 4) is 0 Å². The van der Waals surface area contributed by atoms with Crippen molar-refractivity contribution >= 4 is 11.6 Å². The quantitative estimate of drug-likeness (QED) is 0.846. The standard InChI is InChI=1S/C14H18ClN3/c1-11-13(8-16-18(11)3)10-17(2)9-12-5-4-6-14(15)7-12/h4-8H,9-10H2,1-3H3. The zero-order valence-corrected chi connectivity index (χ0v) is 11.8. The Morgan fingerprint density at radius 1 is 1.33 bits per heavy atom. The van der Waals surface area contributed by atoms with E-state index in [2.05, 4.69) is 30.0 Å². The van der Waals surface area contributed by atoms with Gasteiger partial charge in [-0.05, 0) is 31.7 Å². The number of benzene rings is 1. The van der Waals surface area contributed by atoms with Gasteiger partial charge in [0.2, 0.25) is 0 Å². The fourth-order valence-corrected chi connectivity index (χ4v) is 2.21. The van der Waals surface area contributed by atoms with Crippen LogP contribution in [0, 0.1) is 6.92 Å². The summed E-state index contributed by atoms with van der Waals surface area (Å²) < 4.78 is 1.91. The summed E-state index contributed by atoms with van der Waals surface area (Å²) in [4.78, 5) is 2.26. The van der Waals surface area contributed by atoms with Crippen LogP contribution < -0.4 is 0 Å². The Balaban J connectivity index is 2.01. The van der Waals surface area contributed by atoms with Gasteiger partial charge in [0.1, 0.15) is 0 Å². The van der Waals surface area contributed by atoms with Gasteiger partial charge in [0.15, 0.2) is 0 Å². The van der Waals surface area contributed by atoms with Gasteiger partial charge in [0.25, 0.3) is 0 Å². The van der Waals surface area contributed by atoms with Crippen LogP contribution in [0.1, 0.15) is 16.8 Å². The lowest BCUT2D eigenvalue weighted by Crippen LogP contribution is -2.17. The van der Waals surface area contributed by atoms with Gasteiger partial charge in [-0.2, -0.15) is 5.10 Å². The van der Waals surface area contributed by atoms with Gasteiger partial charge in [0.05, 0.1) is 6.20 Å². The molecule has 0 unspecified atom stereocenters. The van der Waals surface area contributed by atoms with Gasteiger partial charge in [-0.1, -0.05) is 23.7 Å². The molecular formula is C14H18ClN3. The second kappa shape index (κ2) is 5.55. The maximum absolute atomic E-state index is 5.99. The molecule has 0 radical (unpaired) electrons. The molecule has 3 nitrogen and oxygen atoms in total. The molecule has 0 saturated carbocycles. The highest BCUT2D eigenvalue weighted by Crippen LogP contribution is 2.14. The molecule has 2 rings (SSSR count). The lowest BCUT2D eigenvalue weighted by atomic mass is 10.2. The largest absolute Gasteiger partial charge is 0.298 e. The predicted molar refractivity (Wildman–Crippen MR) is 74.6 cm³/mol. The van der Waals surface area contributed by atoms with E-state index >= 15 is 0 Å². The first kappa shape index (κ1) is 13.1. The predicted octanol–water partition coefficient (Wildman–Crippen LogP) is 3.01. The van der Waals surface area contributed by atoms with E-state index in [9.17, 15) is 0 Å². The molecule has 0 fully saturated rings. The second-order valence-corrected chi connectivity index (χ2v) is 5.12. The van der Waals surface area contributed by atoms with Crippen molar-refractivity contribution in [3.63, 3.8) is 0 Å². The minimum Gasteiger partial charge on any atom is -0.298 e. The number of rotatable bonds is 4. The van der Waals surface area contributed by atoms with Gasteiger partial charge in [-0.25, -0.2) is 0 Å². The third kappa shape index (κ3) is 3.12. The molecule has 0 saturated heterocycles. The molecule has 0 N–H and O–H groups in total. The summed E-state index contributed by atoms with van der Waals surface area (Å²) in [5, 5.41) is 5.05. The van der Waals surface area contributed by atoms with Crippen molar-refractivity contribution in [1.29, 1.82) is 0 Å². The monoisotopic (exact) mass is 263 g/mol. The molecule has 1 aromatic carbocycles. The Kier molecular flexibility index (Phi) is 4.04. The molecule has 0 aliphatic heterocycles. The van der Waals surface area contributed by atoms with Gasteiger partial charge in [-0.3, -0.25) is 9.58 Å². The average Bonchev–Trinajstić information content (AvgIpc) is 2.61. The van der Waals surface area contributed by atoms with E-state index in [0.29, 0.717) is 0 Å². The van der Waals surface area contributed by atoms with Gasteiger partial charge in [-0.15, -0.1) is 0 Å². The third-order valence-electron chi connectivity index (χ3n) is 3.12. The third-order valence-corrected chi connectivity index (χ3v) is 3.35. The maximum Gasteiger partial charge on any atom is 0.0537 e. The van der Waals surface area contributed by atoms with Crippen molar-refractivity contribution < 1.29 is 0 Å². The highest BCUT2D eigenvalue weighted by Gasteiger charge is 2.07. The lowest BCUT2D eigenvalue weighted by molar-refractivity contribution is 0.318. The van der Waals surface area contributed by atoms with E-state index in [4.69, 9.17) is 11.6 Å². The van der Waals surface area contributed by atoms with Crippen molar-refractivity contribution in [2.75, 3.05) is 7.05 Å². The zero-order chi connectivity index (χ0) is 13.1. The first-order valence-corrected chi connectivity index (χ1v) is 6.34. The Labute approximate surface area is 113 Å². The molecule has 1 heterocycles. The molecule has 0 aliphatic carbocycles. The number of halogens is 1. The van der Waals surface area contributed by atoms with Crippen molar-refractivity contribution in [2.45, 2.75) is 20.0 Å².